The number of anilines is 1. The molecular formula is C21H26ClN3O3S. The fourth-order valence-corrected chi connectivity index (χ4v) is 5.24. The van der Waals surface area contributed by atoms with Gasteiger partial charge in [0.25, 0.3) is 10.2 Å². The van der Waals surface area contributed by atoms with Crippen LogP contribution in [0.25, 0.3) is 0 Å². The van der Waals surface area contributed by atoms with Gasteiger partial charge in [0.05, 0.1) is 6.54 Å². The highest BCUT2D eigenvalue weighted by molar-refractivity contribution is 7.86. The molecule has 3 rings (SSSR count). The fraction of sp³-hybridized carbons (Fsp3) is 0.381. The Balaban J connectivity index is 1.70. The van der Waals surface area contributed by atoms with E-state index in [0.29, 0.717) is 24.5 Å². The molecule has 0 spiro atoms. The second kappa shape index (κ2) is 9.26. The molecule has 1 N–H and O–H groups in total. The number of rotatable bonds is 6. The van der Waals surface area contributed by atoms with E-state index in [9.17, 15) is 13.2 Å². The van der Waals surface area contributed by atoms with E-state index < -0.39 is 10.2 Å². The molecule has 2 aromatic carbocycles. The van der Waals surface area contributed by atoms with E-state index in [1.165, 1.54) is 8.61 Å². The summed E-state index contributed by atoms with van der Waals surface area (Å²) in [5.41, 5.74) is 3.62. The summed E-state index contributed by atoms with van der Waals surface area (Å²) in [6.45, 7) is 4.78. The summed E-state index contributed by atoms with van der Waals surface area (Å²) in [4.78, 5) is 12.6. The lowest BCUT2D eigenvalue weighted by Crippen LogP contribution is -2.51. The van der Waals surface area contributed by atoms with E-state index in [-0.39, 0.29) is 19.0 Å². The van der Waals surface area contributed by atoms with Gasteiger partial charge in [-0.15, -0.1) is 0 Å². The van der Waals surface area contributed by atoms with Crippen LogP contribution in [-0.4, -0.2) is 42.6 Å². The molecule has 8 heteroatoms. The van der Waals surface area contributed by atoms with Crippen molar-refractivity contribution in [2.75, 3.05) is 25.0 Å². The van der Waals surface area contributed by atoms with Gasteiger partial charge >= 0.3 is 0 Å². The number of halogens is 1. The Labute approximate surface area is 177 Å². The van der Waals surface area contributed by atoms with E-state index in [1.54, 1.807) is 12.1 Å². The minimum Gasteiger partial charge on any atom is -0.324 e. The number of amides is 1. The molecule has 0 bridgehead atoms. The fourth-order valence-electron chi connectivity index (χ4n) is 3.47. The van der Waals surface area contributed by atoms with Crippen molar-refractivity contribution in [2.24, 2.45) is 0 Å². The Morgan fingerprint density at radius 3 is 2.48 bits per heavy atom. The third-order valence-electron chi connectivity index (χ3n) is 5.06. The molecule has 0 aliphatic carbocycles. The van der Waals surface area contributed by atoms with Crippen molar-refractivity contribution in [1.29, 1.82) is 0 Å². The van der Waals surface area contributed by atoms with Crippen LogP contribution in [-0.2, 0) is 28.0 Å². The third-order valence-corrected chi connectivity index (χ3v) is 7.24. The molecule has 0 radical (unpaired) electrons. The van der Waals surface area contributed by atoms with Crippen LogP contribution in [0.1, 0.15) is 30.0 Å². The van der Waals surface area contributed by atoms with Crippen LogP contribution >= 0.6 is 11.6 Å². The molecule has 0 saturated carbocycles. The highest BCUT2D eigenvalue weighted by atomic mass is 35.5. The first-order valence-electron chi connectivity index (χ1n) is 9.69. The normalized spacial score (nSPS) is 17.2. The van der Waals surface area contributed by atoms with E-state index in [0.717, 1.165) is 28.8 Å². The third kappa shape index (κ3) is 5.17. The summed E-state index contributed by atoms with van der Waals surface area (Å²) in [6.07, 6.45) is 1.46. The highest BCUT2D eigenvalue weighted by Crippen LogP contribution is 2.23. The molecule has 0 atom stereocenters. The smallest absolute Gasteiger partial charge is 0.282 e. The van der Waals surface area contributed by atoms with Gasteiger partial charge < -0.3 is 5.32 Å². The van der Waals surface area contributed by atoms with Gasteiger partial charge in [-0.3, -0.25) is 4.79 Å². The summed E-state index contributed by atoms with van der Waals surface area (Å²) in [7, 11) is -3.71. The van der Waals surface area contributed by atoms with Crippen LogP contribution in [0.5, 0.6) is 0 Å². The largest absolute Gasteiger partial charge is 0.324 e. The molecule has 0 aromatic heterocycles. The quantitative estimate of drug-likeness (QED) is 0.753. The Bertz CT molecular complexity index is 977. The van der Waals surface area contributed by atoms with Crippen LogP contribution in [0.3, 0.4) is 0 Å². The van der Waals surface area contributed by atoms with E-state index in [1.807, 2.05) is 44.2 Å². The topological polar surface area (TPSA) is 69.7 Å². The highest BCUT2D eigenvalue weighted by Gasteiger charge is 2.34. The second-order valence-corrected chi connectivity index (χ2v) is 9.53. The number of aryl methyl sites for hydroxylation is 2. The Morgan fingerprint density at radius 1 is 1.10 bits per heavy atom. The molecule has 156 valence electrons. The maximum atomic E-state index is 13.0. The second-order valence-electron chi connectivity index (χ2n) is 7.17. The van der Waals surface area contributed by atoms with Crippen molar-refractivity contribution < 1.29 is 13.2 Å². The predicted octanol–water partition coefficient (Wildman–Crippen LogP) is 3.60. The van der Waals surface area contributed by atoms with Crippen LogP contribution < -0.4 is 5.32 Å². The first kappa shape index (κ1) is 21.8. The van der Waals surface area contributed by atoms with Gasteiger partial charge in [0, 0.05) is 30.3 Å². The van der Waals surface area contributed by atoms with Crippen molar-refractivity contribution >= 4 is 33.4 Å². The number of carbonyl (C=O) groups is 1. The molecule has 1 aliphatic rings. The van der Waals surface area contributed by atoms with Crippen LogP contribution in [0, 0.1) is 6.92 Å². The molecule has 1 aliphatic heterocycles. The van der Waals surface area contributed by atoms with Crippen LogP contribution in [0.4, 0.5) is 5.69 Å². The van der Waals surface area contributed by atoms with Gasteiger partial charge in [0.2, 0.25) is 5.91 Å². The van der Waals surface area contributed by atoms with Gasteiger partial charge in [-0.05, 0) is 48.6 Å². The summed E-state index contributed by atoms with van der Waals surface area (Å²) in [5, 5.41) is 3.51. The molecule has 0 unspecified atom stereocenters. The Hall–Kier alpha value is -1.93. The molecule has 2 aromatic rings. The zero-order valence-electron chi connectivity index (χ0n) is 16.7. The van der Waals surface area contributed by atoms with Gasteiger partial charge in [0.1, 0.15) is 0 Å². The van der Waals surface area contributed by atoms with Crippen molar-refractivity contribution in [3.8, 4) is 0 Å². The van der Waals surface area contributed by atoms with E-state index in [4.69, 9.17) is 11.6 Å². The van der Waals surface area contributed by atoms with Gasteiger partial charge in [-0.1, -0.05) is 48.9 Å². The zero-order valence-corrected chi connectivity index (χ0v) is 18.3. The SMILES string of the molecule is CCc1cccc(C)c1NC(=O)CN1CCCN(Cc2ccc(Cl)cc2)S1(=O)=O. The average molecular weight is 436 g/mol. The van der Waals surface area contributed by atoms with E-state index in [2.05, 4.69) is 5.32 Å². The first-order chi connectivity index (χ1) is 13.8. The molecule has 1 heterocycles. The number of para-hydroxylation sites is 1. The lowest BCUT2D eigenvalue weighted by atomic mass is 10.1. The summed E-state index contributed by atoms with van der Waals surface area (Å²) in [5.74, 6) is -0.328. The maximum absolute atomic E-state index is 13.0. The number of carbonyl (C=O) groups excluding carboxylic acids is 1. The number of nitrogens with one attached hydrogen (secondary N) is 1. The summed E-state index contributed by atoms with van der Waals surface area (Å²) < 4.78 is 28.7. The molecule has 1 amide bonds. The van der Waals surface area contributed by atoms with Crippen molar-refractivity contribution in [1.82, 2.24) is 8.61 Å². The predicted molar refractivity (Wildman–Crippen MR) is 116 cm³/mol. The molecular weight excluding hydrogens is 410 g/mol. The average Bonchev–Trinajstić information content (AvgIpc) is 2.68. The maximum Gasteiger partial charge on any atom is 0.282 e. The zero-order chi connectivity index (χ0) is 21.0. The molecule has 1 saturated heterocycles. The molecule has 6 nitrogen and oxygen atoms in total. The lowest BCUT2D eigenvalue weighted by molar-refractivity contribution is -0.116. The number of hydrogen-bond acceptors (Lipinski definition) is 3. The van der Waals surface area contributed by atoms with Crippen LogP contribution in [0.15, 0.2) is 42.5 Å². The van der Waals surface area contributed by atoms with Gasteiger partial charge in [0.15, 0.2) is 0 Å². The number of hydrogen-bond donors (Lipinski definition) is 1. The Kier molecular flexibility index (Phi) is 6.95. The minimum absolute atomic E-state index is 0.197. The van der Waals surface area contributed by atoms with Crippen molar-refractivity contribution in [3.05, 3.63) is 64.2 Å². The monoisotopic (exact) mass is 435 g/mol. The number of nitrogens with zero attached hydrogens (tertiary/aromatic N) is 2. The Morgan fingerprint density at radius 2 is 1.79 bits per heavy atom. The van der Waals surface area contributed by atoms with Crippen molar-refractivity contribution in [3.63, 3.8) is 0 Å². The minimum atomic E-state index is -3.71. The van der Waals surface area contributed by atoms with Crippen LogP contribution in [0.2, 0.25) is 5.02 Å². The standard InChI is InChI=1S/C21H26ClN3O3S/c1-3-18-7-4-6-16(2)21(18)23-20(26)15-25-13-5-12-24(29(25,27)28)14-17-8-10-19(22)11-9-17/h4,6-11H,3,5,12-15H2,1-2H3,(H,23,26). The summed E-state index contributed by atoms with van der Waals surface area (Å²) in [6, 6.07) is 13.0. The van der Waals surface area contributed by atoms with E-state index >= 15 is 0 Å². The van der Waals surface area contributed by atoms with Gasteiger partial charge in [-0.25, -0.2) is 0 Å². The lowest BCUT2D eigenvalue weighted by Gasteiger charge is -2.34. The first-order valence-corrected chi connectivity index (χ1v) is 11.5. The summed E-state index contributed by atoms with van der Waals surface area (Å²) >= 11 is 5.91. The molecule has 1 fully saturated rings. The van der Waals surface area contributed by atoms with Gasteiger partial charge in [-0.2, -0.15) is 17.0 Å². The number of benzene rings is 2. The van der Waals surface area contributed by atoms with Crippen molar-refractivity contribution in [2.45, 2.75) is 33.2 Å². The molecule has 29 heavy (non-hydrogen) atoms.